The lowest BCUT2D eigenvalue weighted by molar-refractivity contribution is -0.384. The zero-order valence-electron chi connectivity index (χ0n) is 17.6. The Morgan fingerprint density at radius 2 is 2.16 bits per heavy atom. The van der Waals surface area contributed by atoms with Crippen molar-refractivity contribution in [3.63, 3.8) is 0 Å². The van der Waals surface area contributed by atoms with Crippen molar-refractivity contribution >= 4 is 44.4 Å². The Labute approximate surface area is 189 Å². The molecule has 9 heteroatoms. The van der Waals surface area contributed by atoms with Crippen LogP contribution in [-0.4, -0.2) is 41.7 Å². The number of amides is 1. The minimum absolute atomic E-state index is 0.00869. The molecule has 32 heavy (non-hydrogen) atoms. The largest absolute Gasteiger partial charge is 0.494 e. The van der Waals surface area contributed by atoms with Crippen LogP contribution in [0, 0.1) is 10.1 Å². The second-order valence-electron chi connectivity index (χ2n) is 7.32. The highest BCUT2D eigenvalue weighted by Crippen LogP contribution is 2.32. The molecular formula is C23H23N3O5S. The third kappa shape index (κ3) is 5.12. The van der Waals surface area contributed by atoms with Crippen LogP contribution in [0.15, 0.2) is 48.5 Å². The molecule has 1 aliphatic rings. The summed E-state index contributed by atoms with van der Waals surface area (Å²) in [6.45, 7) is 3.63. The van der Waals surface area contributed by atoms with Gasteiger partial charge in [0.15, 0.2) is 5.13 Å². The first-order valence-electron chi connectivity index (χ1n) is 10.4. The summed E-state index contributed by atoms with van der Waals surface area (Å²) in [5, 5.41) is 11.4. The van der Waals surface area contributed by atoms with E-state index in [1.54, 1.807) is 23.1 Å². The van der Waals surface area contributed by atoms with Gasteiger partial charge in [-0.25, -0.2) is 4.98 Å². The highest BCUT2D eigenvalue weighted by Gasteiger charge is 2.25. The van der Waals surface area contributed by atoms with Crippen LogP contribution >= 0.6 is 11.3 Å². The van der Waals surface area contributed by atoms with Crippen molar-refractivity contribution in [3.8, 4) is 5.75 Å². The van der Waals surface area contributed by atoms with Crippen LogP contribution in [0.5, 0.6) is 5.75 Å². The quantitative estimate of drug-likeness (QED) is 0.275. The lowest BCUT2D eigenvalue weighted by atomic mass is 10.2. The van der Waals surface area contributed by atoms with Gasteiger partial charge < -0.3 is 9.47 Å². The number of fused-ring (bicyclic) bond motifs is 1. The zero-order chi connectivity index (χ0) is 22.5. The summed E-state index contributed by atoms with van der Waals surface area (Å²) < 4.78 is 12.3. The van der Waals surface area contributed by atoms with Crippen molar-refractivity contribution in [2.24, 2.45) is 0 Å². The Kier molecular flexibility index (Phi) is 6.77. The van der Waals surface area contributed by atoms with Crippen molar-refractivity contribution in [1.29, 1.82) is 0 Å². The van der Waals surface area contributed by atoms with E-state index in [-0.39, 0.29) is 17.7 Å². The standard InChI is InChI=1S/C23H23N3O5S/c1-2-30-18-10-11-20-21(14-18)32-23(24-20)25(15-19-4-3-13-31-19)22(27)12-7-16-5-8-17(9-6-16)26(28)29/h5-12,14,19H,2-4,13,15H2,1H3/b12-7-. The number of rotatable bonds is 8. The normalized spacial score (nSPS) is 16.0. The number of benzene rings is 2. The van der Waals surface area contributed by atoms with Gasteiger partial charge in [-0.2, -0.15) is 0 Å². The molecule has 0 radical (unpaired) electrons. The molecule has 1 atom stereocenters. The predicted octanol–water partition coefficient (Wildman–Crippen LogP) is 4.83. The Morgan fingerprint density at radius 1 is 1.34 bits per heavy atom. The maximum absolute atomic E-state index is 13.1. The topological polar surface area (TPSA) is 94.8 Å². The number of non-ortho nitro benzene ring substituents is 1. The van der Waals surface area contributed by atoms with Crippen molar-refractivity contribution in [2.45, 2.75) is 25.9 Å². The maximum Gasteiger partial charge on any atom is 0.269 e. The number of nitrogens with zero attached hydrogens (tertiary/aromatic N) is 3. The third-order valence-corrected chi connectivity index (χ3v) is 6.13. The highest BCUT2D eigenvalue weighted by molar-refractivity contribution is 7.22. The van der Waals surface area contributed by atoms with Gasteiger partial charge in [-0.3, -0.25) is 19.8 Å². The van der Waals surface area contributed by atoms with Crippen LogP contribution in [0.4, 0.5) is 10.8 Å². The molecule has 1 aliphatic heterocycles. The summed E-state index contributed by atoms with van der Waals surface area (Å²) in [4.78, 5) is 29.8. The summed E-state index contributed by atoms with van der Waals surface area (Å²) in [6.07, 6.45) is 4.96. The van der Waals surface area contributed by atoms with Crippen molar-refractivity contribution in [2.75, 3.05) is 24.7 Å². The smallest absolute Gasteiger partial charge is 0.269 e. The van der Waals surface area contributed by atoms with Gasteiger partial charge in [0.25, 0.3) is 11.6 Å². The Bertz CT molecular complexity index is 1140. The summed E-state index contributed by atoms with van der Waals surface area (Å²) >= 11 is 1.43. The van der Waals surface area contributed by atoms with Crippen LogP contribution in [-0.2, 0) is 9.53 Å². The van der Waals surface area contributed by atoms with Crippen molar-refractivity contribution < 1.29 is 19.2 Å². The number of hydrogen-bond donors (Lipinski definition) is 0. The summed E-state index contributed by atoms with van der Waals surface area (Å²) in [5.74, 6) is 0.549. The van der Waals surface area contributed by atoms with Crippen LogP contribution < -0.4 is 9.64 Å². The Hall–Kier alpha value is -3.30. The molecule has 166 valence electrons. The molecule has 1 amide bonds. The van der Waals surface area contributed by atoms with E-state index in [0.717, 1.165) is 28.8 Å². The van der Waals surface area contributed by atoms with Gasteiger partial charge in [0.2, 0.25) is 0 Å². The number of carbonyl (C=O) groups excluding carboxylic acids is 1. The minimum atomic E-state index is -0.452. The van der Waals surface area contributed by atoms with Crippen LogP contribution in [0.25, 0.3) is 16.3 Å². The molecule has 4 rings (SSSR count). The SMILES string of the molecule is CCOc1ccc2nc(N(CC3CCCO3)C(=O)/C=C\c3ccc([N+](=O)[O-])cc3)sc2c1. The Morgan fingerprint density at radius 3 is 2.84 bits per heavy atom. The lowest BCUT2D eigenvalue weighted by Crippen LogP contribution is -2.36. The fraction of sp³-hybridized carbons (Fsp3) is 0.304. The third-order valence-electron chi connectivity index (χ3n) is 5.09. The van der Waals surface area contributed by atoms with E-state index in [4.69, 9.17) is 9.47 Å². The van der Waals surface area contributed by atoms with Gasteiger partial charge in [0.05, 0.1) is 34.4 Å². The number of nitro groups is 1. The maximum atomic E-state index is 13.1. The average Bonchev–Trinajstić information content (AvgIpc) is 3.45. The molecule has 1 unspecified atom stereocenters. The number of aromatic nitrogens is 1. The number of hydrogen-bond acceptors (Lipinski definition) is 7. The van der Waals surface area contributed by atoms with Crippen LogP contribution in [0.2, 0.25) is 0 Å². The van der Waals surface area contributed by atoms with Gasteiger partial charge in [0, 0.05) is 24.8 Å². The number of nitro benzene ring substituents is 1. The molecule has 2 aromatic carbocycles. The van der Waals surface area contributed by atoms with Gasteiger partial charge in [-0.1, -0.05) is 11.3 Å². The van der Waals surface area contributed by atoms with E-state index in [1.807, 2.05) is 25.1 Å². The molecule has 0 aliphatic carbocycles. The molecule has 3 aromatic rings. The lowest BCUT2D eigenvalue weighted by Gasteiger charge is -2.21. The van der Waals surface area contributed by atoms with E-state index in [0.29, 0.717) is 30.5 Å². The second kappa shape index (κ2) is 9.88. The molecule has 0 bridgehead atoms. The Balaban J connectivity index is 1.58. The summed E-state index contributed by atoms with van der Waals surface area (Å²) in [5.41, 5.74) is 1.51. The molecule has 0 spiro atoms. The van der Waals surface area contributed by atoms with Gasteiger partial charge in [-0.15, -0.1) is 0 Å². The molecule has 1 saturated heterocycles. The van der Waals surface area contributed by atoms with E-state index >= 15 is 0 Å². The van der Waals surface area contributed by atoms with E-state index in [2.05, 4.69) is 4.98 Å². The zero-order valence-corrected chi connectivity index (χ0v) is 18.4. The molecule has 1 aromatic heterocycles. The summed E-state index contributed by atoms with van der Waals surface area (Å²) in [7, 11) is 0. The summed E-state index contributed by atoms with van der Waals surface area (Å²) in [6, 6.07) is 11.7. The fourth-order valence-corrected chi connectivity index (χ4v) is 4.49. The van der Waals surface area contributed by atoms with Gasteiger partial charge >= 0.3 is 0 Å². The fourth-order valence-electron chi connectivity index (χ4n) is 3.48. The monoisotopic (exact) mass is 453 g/mol. The van der Waals surface area contributed by atoms with Gasteiger partial charge in [0.1, 0.15) is 5.75 Å². The average molecular weight is 454 g/mol. The van der Waals surface area contributed by atoms with E-state index in [9.17, 15) is 14.9 Å². The first-order chi connectivity index (χ1) is 15.5. The number of ether oxygens (including phenoxy) is 2. The van der Waals surface area contributed by atoms with E-state index in [1.165, 1.54) is 29.5 Å². The van der Waals surface area contributed by atoms with Crippen molar-refractivity contribution in [3.05, 3.63) is 64.2 Å². The molecular weight excluding hydrogens is 430 g/mol. The molecule has 0 saturated carbocycles. The number of carbonyl (C=O) groups is 1. The van der Waals surface area contributed by atoms with Crippen LogP contribution in [0.1, 0.15) is 25.3 Å². The first kappa shape index (κ1) is 21.9. The predicted molar refractivity (Wildman–Crippen MR) is 124 cm³/mol. The molecule has 2 heterocycles. The molecule has 1 fully saturated rings. The number of anilines is 1. The number of thiazole rings is 1. The van der Waals surface area contributed by atoms with Crippen LogP contribution in [0.3, 0.4) is 0 Å². The molecule has 8 nitrogen and oxygen atoms in total. The molecule has 0 N–H and O–H groups in total. The highest BCUT2D eigenvalue weighted by atomic mass is 32.1. The van der Waals surface area contributed by atoms with E-state index < -0.39 is 4.92 Å². The first-order valence-corrected chi connectivity index (χ1v) is 11.2. The van der Waals surface area contributed by atoms with Crippen molar-refractivity contribution in [1.82, 2.24) is 4.98 Å². The minimum Gasteiger partial charge on any atom is -0.494 e. The van der Waals surface area contributed by atoms with Gasteiger partial charge in [-0.05, 0) is 61.7 Å². The second-order valence-corrected chi connectivity index (χ2v) is 8.33.